The summed E-state index contributed by atoms with van der Waals surface area (Å²) in [5.41, 5.74) is 2.77. The zero-order valence-electron chi connectivity index (χ0n) is 24.1. The van der Waals surface area contributed by atoms with E-state index in [9.17, 15) is 18.0 Å². The van der Waals surface area contributed by atoms with Crippen molar-refractivity contribution >= 4 is 55.1 Å². The van der Waals surface area contributed by atoms with Crippen molar-refractivity contribution in [3.63, 3.8) is 0 Å². The number of hydrogen-bond donors (Lipinski definition) is 1. The lowest BCUT2D eigenvalue weighted by atomic mass is 9.95. The molecule has 4 rings (SSSR count). The average molecular weight is 675 g/mol. The molecule has 1 saturated carbocycles. The van der Waals surface area contributed by atoms with Gasteiger partial charge in [-0.05, 0) is 81.1 Å². The zero-order valence-corrected chi connectivity index (χ0v) is 27.3. The van der Waals surface area contributed by atoms with Crippen LogP contribution in [0, 0.1) is 13.8 Å². The molecule has 0 aromatic heterocycles. The fourth-order valence-electron chi connectivity index (χ4n) is 5.04. The van der Waals surface area contributed by atoms with E-state index >= 15 is 0 Å². The molecule has 0 radical (unpaired) electrons. The summed E-state index contributed by atoms with van der Waals surface area (Å²) in [6, 6.07) is 18.1. The zero-order chi connectivity index (χ0) is 30.4. The van der Waals surface area contributed by atoms with Crippen LogP contribution in [-0.4, -0.2) is 43.8 Å². The van der Waals surface area contributed by atoms with Crippen molar-refractivity contribution in [2.45, 2.75) is 76.4 Å². The first-order chi connectivity index (χ1) is 20.0. The molecule has 1 atom stereocenters. The molecule has 0 aliphatic heterocycles. The summed E-state index contributed by atoms with van der Waals surface area (Å²) in [5, 5.41) is 3.50. The lowest BCUT2D eigenvalue weighted by Gasteiger charge is -2.33. The average Bonchev–Trinajstić information content (AvgIpc) is 2.97. The number of benzene rings is 3. The Morgan fingerprint density at radius 2 is 1.62 bits per heavy atom. The van der Waals surface area contributed by atoms with Gasteiger partial charge in [-0.3, -0.25) is 13.9 Å². The van der Waals surface area contributed by atoms with Gasteiger partial charge in [0.05, 0.1) is 10.6 Å². The lowest BCUT2D eigenvalue weighted by molar-refractivity contribution is -0.139. The Hall–Kier alpha value is -2.88. The van der Waals surface area contributed by atoms with Gasteiger partial charge in [0, 0.05) is 22.1 Å². The second-order valence-corrected chi connectivity index (χ2v) is 14.1. The summed E-state index contributed by atoms with van der Waals surface area (Å²) in [5.74, 6) is -0.754. The smallest absolute Gasteiger partial charge is 0.264 e. The monoisotopic (exact) mass is 673 g/mol. The van der Waals surface area contributed by atoms with Crippen molar-refractivity contribution in [1.82, 2.24) is 10.2 Å². The number of carbonyl (C=O) groups is 2. The maximum absolute atomic E-state index is 14.1. The molecule has 1 N–H and O–H groups in total. The quantitative estimate of drug-likeness (QED) is 0.257. The molecule has 7 nitrogen and oxygen atoms in total. The van der Waals surface area contributed by atoms with Crippen LogP contribution in [0.4, 0.5) is 5.69 Å². The molecule has 42 heavy (non-hydrogen) atoms. The number of rotatable bonds is 10. The third-order valence-electron chi connectivity index (χ3n) is 7.72. The van der Waals surface area contributed by atoms with Crippen LogP contribution in [0.2, 0.25) is 5.02 Å². The summed E-state index contributed by atoms with van der Waals surface area (Å²) in [6.07, 6.45) is 5.10. The van der Waals surface area contributed by atoms with Crippen LogP contribution in [0.25, 0.3) is 0 Å². The predicted molar refractivity (Wildman–Crippen MR) is 171 cm³/mol. The van der Waals surface area contributed by atoms with Gasteiger partial charge in [0.15, 0.2) is 0 Å². The van der Waals surface area contributed by atoms with Crippen LogP contribution in [0.1, 0.15) is 55.7 Å². The highest BCUT2D eigenvalue weighted by molar-refractivity contribution is 9.10. The Morgan fingerprint density at radius 3 is 2.24 bits per heavy atom. The van der Waals surface area contributed by atoms with Gasteiger partial charge < -0.3 is 10.2 Å². The van der Waals surface area contributed by atoms with Crippen molar-refractivity contribution in [3.8, 4) is 0 Å². The van der Waals surface area contributed by atoms with E-state index in [1.165, 1.54) is 17.0 Å². The largest absolute Gasteiger partial charge is 0.352 e. The highest BCUT2D eigenvalue weighted by Crippen LogP contribution is 2.29. The molecule has 3 aromatic carbocycles. The topological polar surface area (TPSA) is 86.8 Å². The Labute approximate surface area is 262 Å². The van der Waals surface area contributed by atoms with Gasteiger partial charge in [0.2, 0.25) is 11.8 Å². The van der Waals surface area contributed by atoms with Gasteiger partial charge >= 0.3 is 0 Å². The van der Waals surface area contributed by atoms with Gasteiger partial charge in [-0.15, -0.1) is 0 Å². The third-order valence-corrected chi connectivity index (χ3v) is 10.4. The molecule has 1 aliphatic carbocycles. The molecule has 2 amide bonds. The van der Waals surface area contributed by atoms with E-state index in [2.05, 4.69) is 21.2 Å². The number of nitrogens with one attached hydrogen (secondary N) is 1. The maximum atomic E-state index is 14.1. The minimum absolute atomic E-state index is 0.0557. The molecule has 0 saturated heterocycles. The molecule has 224 valence electrons. The highest BCUT2D eigenvalue weighted by atomic mass is 79.9. The van der Waals surface area contributed by atoms with Crippen LogP contribution in [0.3, 0.4) is 0 Å². The number of aryl methyl sites for hydroxylation is 2. The van der Waals surface area contributed by atoms with E-state index in [1.807, 2.05) is 38.1 Å². The molecule has 1 aliphatic rings. The van der Waals surface area contributed by atoms with Crippen molar-refractivity contribution in [1.29, 1.82) is 0 Å². The highest BCUT2D eigenvalue weighted by Gasteiger charge is 2.33. The van der Waals surface area contributed by atoms with Gasteiger partial charge in [0.25, 0.3) is 10.0 Å². The normalized spacial score (nSPS) is 14.7. The Morgan fingerprint density at radius 1 is 0.976 bits per heavy atom. The van der Waals surface area contributed by atoms with Gasteiger partial charge in [-0.25, -0.2) is 8.42 Å². The minimum atomic E-state index is -4.16. The summed E-state index contributed by atoms with van der Waals surface area (Å²) in [4.78, 5) is 29.1. The van der Waals surface area contributed by atoms with Crippen LogP contribution in [0.5, 0.6) is 0 Å². The molecule has 10 heteroatoms. The van der Waals surface area contributed by atoms with Gasteiger partial charge in [0.1, 0.15) is 12.6 Å². The molecule has 0 heterocycles. The predicted octanol–water partition coefficient (Wildman–Crippen LogP) is 6.78. The Balaban J connectivity index is 1.69. The van der Waals surface area contributed by atoms with E-state index in [0.717, 1.165) is 57.6 Å². The maximum Gasteiger partial charge on any atom is 0.264 e. The van der Waals surface area contributed by atoms with Crippen molar-refractivity contribution in [2.24, 2.45) is 0 Å². The first-order valence-corrected chi connectivity index (χ1v) is 16.8. The number of sulfonamides is 1. The number of amides is 2. The van der Waals surface area contributed by atoms with Crippen molar-refractivity contribution in [2.75, 3.05) is 10.8 Å². The standard InChI is InChI=1S/C32H37BrClN3O4S/c1-22-9-17-29(18-10-22)42(40,41)37(28-16-11-23(2)30(34)19-28)21-31(38)36(20-25-12-14-26(33)15-13-25)24(3)32(39)35-27-7-5-4-6-8-27/h9-19,24,27H,4-8,20-21H2,1-3H3,(H,35,39)/t24-/m1/s1. The van der Waals surface area contributed by atoms with E-state index in [-0.39, 0.29) is 29.1 Å². The first kappa shape index (κ1) is 32.0. The van der Waals surface area contributed by atoms with Crippen LogP contribution < -0.4 is 9.62 Å². The lowest BCUT2D eigenvalue weighted by Crippen LogP contribution is -2.53. The summed E-state index contributed by atoms with van der Waals surface area (Å²) in [6.45, 7) is 5.02. The van der Waals surface area contributed by atoms with Crippen LogP contribution in [-0.2, 0) is 26.2 Å². The molecule has 0 bridgehead atoms. The summed E-state index contributed by atoms with van der Waals surface area (Å²) < 4.78 is 29.9. The molecule has 0 spiro atoms. The fraction of sp³-hybridized carbons (Fsp3) is 0.375. The summed E-state index contributed by atoms with van der Waals surface area (Å²) >= 11 is 9.84. The van der Waals surface area contributed by atoms with Crippen LogP contribution >= 0.6 is 27.5 Å². The van der Waals surface area contributed by atoms with Crippen molar-refractivity contribution in [3.05, 3.63) is 92.9 Å². The van der Waals surface area contributed by atoms with Gasteiger partial charge in [-0.2, -0.15) is 0 Å². The fourth-order valence-corrected chi connectivity index (χ4v) is 6.89. The van der Waals surface area contributed by atoms with E-state index in [4.69, 9.17) is 11.6 Å². The number of nitrogens with zero attached hydrogens (tertiary/aromatic N) is 2. The summed E-state index contributed by atoms with van der Waals surface area (Å²) in [7, 11) is -4.16. The second-order valence-electron chi connectivity index (χ2n) is 10.9. The Bertz CT molecular complexity index is 1510. The first-order valence-electron chi connectivity index (χ1n) is 14.2. The van der Waals surface area contributed by atoms with E-state index in [0.29, 0.717) is 5.02 Å². The molecular weight excluding hydrogens is 638 g/mol. The minimum Gasteiger partial charge on any atom is -0.352 e. The van der Waals surface area contributed by atoms with E-state index in [1.54, 1.807) is 37.3 Å². The molecule has 1 fully saturated rings. The number of anilines is 1. The van der Waals surface area contributed by atoms with Gasteiger partial charge in [-0.1, -0.05) is 82.7 Å². The second kappa shape index (κ2) is 14.1. The SMILES string of the molecule is Cc1ccc(S(=O)(=O)N(CC(=O)N(Cc2ccc(Br)cc2)[C@H](C)C(=O)NC2CCCCC2)c2ccc(C)c(Cl)c2)cc1. The number of halogens is 2. The number of hydrogen-bond acceptors (Lipinski definition) is 4. The molecule has 0 unspecified atom stereocenters. The third kappa shape index (κ3) is 7.94. The van der Waals surface area contributed by atoms with Crippen LogP contribution in [0.15, 0.2) is 76.1 Å². The van der Waals surface area contributed by atoms with E-state index < -0.39 is 28.5 Å². The van der Waals surface area contributed by atoms with Crippen molar-refractivity contribution < 1.29 is 18.0 Å². The molecular formula is C32H37BrClN3O4S. The number of carbonyl (C=O) groups excluding carboxylic acids is 2. The Kier molecular flexibility index (Phi) is 10.7. The molecule has 3 aromatic rings.